The van der Waals surface area contributed by atoms with Gasteiger partial charge in [-0.15, -0.1) is 0 Å². The molecule has 3 rings (SSSR count). The van der Waals surface area contributed by atoms with Gasteiger partial charge in [0.1, 0.15) is 6.10 Å². The van der Waals surface area contributed by atoms with Gasteiger partial charge in [-0.1, -0.05) is 49.4 Å². The summed E-state index contributed by atoms with van der Waals surface area (Å²) < 4.78 is 7.61. The molecular weight excluding hydrogens is 276 g/mol. The highest BCUT2D eigenvalue weighted by Gasteiger charge is 2.18. The third kappa shape index (κ3) is 3.01. The van der Waals surface area contributed by atoms with Crippen LogP contribution >= 0.6 is 0 Å². The van der Waals surface area contributed by atoms with Crippen molar-refractivity contribution in [3.8, 4) is 0 Å². The molecule has 0 aliphatic carbocycles. The first-order valence-electron chi connectivity index (χ1n) is 7.41. The predicted octanol–water partition coefficient (Wildman–Crippen LogP) is 3.73. The average Bonchev–Trinajstić information content (AvgIpc) is 3.06. The molecule has 1 heterocycles. The first-order valence-corrected chi connectivity index (χ1v) is 7.41. The second kappa shape index (κ2) is 6.43. The minimum absolute atomic E-state index is 0.196. The summed E-state index contributed by atoms with van der Waals surface area (Å²) in [6.07, 6.45) is 5.37. The van der Waals surface area contributed by atoms with Crippen LogP contribution in [0.1, 0.15) is 25.0 Å². The lowest BCUT2D eigenvalue weighted by molar-refractivity contribution is -0.149. The molecule has 0 spiro atoms. The summed E-state index contributed by atoms with van der Waals surface area (Å²) in [4.78, 5) is 15.9. The van der Waals surface area contributed by atoms with Crippen LogP contribution in [0, 0.1) is 0 Å². The molecule has 0 amide bonds. The van der Waals surface area contributed by atoms with E-state index in [4.69, 9.17) is 4.74 Å². The summed E-state index contributed by atoms with van der Waals surface area (Å²) in [6.45, 7) is 2.36. The van der Waals surface area contributed by atoms with Crippen molar-refractivity contribution >= 4 is 16.7 Å². The molecule has 1 atom stereocenters. The van der Waals surface area contributed by atoms with E-state index >= 15 is 0 Å². The van der Waals surface area contributed by atoms with Gasteiger partial charge in [0.05, 0.1) is 12.9 Å². The normalized spacial score (nSPS) is 12.2. The van der Waals surface area contributed by atoms with Crippen LogP contribution in [0.5, 0.6) is 0 Å². The minimum Gasteiger partial charge on any atom is -0.456 e. The maximum absolute atomic E-state index is 11.8. The molecular formula is C18H18N2O2. The van der Waals surface area contributed by atoms with Crippen molar-refractivity contribution in [1.82, 2.24) is 9.55 Å². The Balaban J connectivity index is 2.01. The highest BCUT2D eigenvalue weighted by Crippen LogP contribution is 2.28. The van der Waals surface area contributed by atoms with E-state index in [0.29, 0.717) is 13.0 Å². The van der Waals surface area contributed by atoms with Crippen LogP contribution in [0.4, 0.5) is 0 Å². The molecule has 3 aromatic rings. The lowest BCUT2D eigenvalue weighted by atomic mass is 10.00. The Kier molecular flexibility index (Phi) is 4.19. The van der Waals surface area contributed by atoms with Gasteiger partial charge >= 0.3 is 5.97 Å². The Morgan fingerprint density at radius 1 is 1.23 bits per heavy atom. The molecule has 0 aliphatic rings. The maximum Gasteiger partial charge on any atom is 0.306 e. The van der Waals surface area contributed by atoms with Gasteiger partial charge in [-0.05, 0) is 10.8 Å². The zero-order chi connectivity index (χ0) is 15.4. The van der Waals surface area contributed by atoms with Crippen LogP contribution < -0.4 is 0 Å². The number of hydrogen-bond acceptors (Lipinski definition) is 3. The lowest BCUT2D eigenvalue weighted by Gasteiger charge is -2.20. The Labute approximate surface area is 129 Å². The van der Waals surface area contributed by atoms with Crippen molar-refractivity contribution in [1.29, 1.82) is 0 Å². The molecule has 4 nitrogen and oxygen atoms in total. The Hall–Kier alpha value is -2.62. The number of aromatic nitrogens is 2. The third-order valence-electron chi connectivity index (χ3n) is 3.67. The fourth-order valence-electron chi connectivity index (χ4n) is 2.56. The van der Waals surface area contributed by atoms with E-state index in [9.17, 15) is 4.79 Å². The Morgan fingerprint density at radius 2 is 2.05 bits per heavy atom. The Morgan fingerprint density at radius 3 is 2.82 bits per heavy atom. The minimum atomic E-state index is -0.326. The third-order valence-corrected chi connectivity index (χ3v) is 3.67. The van der Waals surface area contributed by atoms with Crippen LogP contribution in [-0.2, 0) is 16.1 Å². The van der Waals surface area contributed by atoms with Gasteiger partial charge in [0.25, 0.3) is 0 Å². The van der Waals surface area contributed by atoms with E-state index in [1.807, 2.05) is 35.0 Å². The Bertz CT molecular complexity index is 760. The van der Waals surface area contributed by atoms with Gasteiger partial charge in [-0.25, -0.2) is 4.98 Å². The van der Waals surface area contributed by atoms with E-state index in [1.54, 1.807) is 19.4 Å². The van der Waals surface area contributed by atoms with Crippen LogP contribution in [-0.4, -0.2) is 15.5 Å². The van der Waals surface area contributed by atoms with Crippen molar-refractivity contribution < 1.29 is 9.53 Å². The molecule has 22 heavy (non-hydrogen) atoms. The largest absolute Gasteiger partial charge is 0.456 e. The van der Waals surface area contributed by atoms with Crippen molar-refractivity contribution in [2.75, 3.05) is 0 Å². The SMILES string of the molecule is CCC(=O)OC(Cn1ccnc1)c1cccc2ccccc12. The quantitative estimate of drug-likeness (QED) is 0.673. The first-order chi connectivity index (χ1) is 10.8. The zero-order valence-electron chi connectivity index (χ0n) is 12.5. The molecule has 0 bridgehead atoms. The monoisotopic (exact) mass is 294 g/mol. The maximum atomic E-state index is 11.8. The zero-order valence-corrected chi connectivity index (χ0v) is 12.5. The van der Waals surface area contributed by atoms with E-state index in [-0.39, 0.29) is 12.1 Å². The van der Waals surface area contributed by atoms with Gasteiger partial charge in [-0.2, -0.15) is 0 Å². The molecule has 0 saturated carbocycles. The predicted molar refractivity (Wildman–Crippen MR) is 85.3 cm³/mol. The van der Waals surface area contributed by atoms with Crippen LogP contribution in [0.3, 0.4) is 0 Å². The van der Waals surface area contributed by atoms with E-state index in [1.165, 1.54) is 0 Å². The van der Waals surface area contributed by atoms with Gasteiger partial charge < -0.3 is 9.30 Å². The van der Waals surface area contributed by atoms with Crippen molar-refractivity contribution in [2.45, 2.75) is 26.0 Å². The smallest absolute Gasteiger partial charge is 0.306 e. The van der Waals surface area contributed by atoms with Crippen LogP contribution in [0.2, 0.25) is 0 Å². The fourth-order valence-corrected chi connectivity index (χ4v) is 2.56. The molecule has 0 aliphatic heterocycles. The number of rotatable bonds is 5. The summed E-state index contributed by atoms with van der Waals surface area (Å²) >= 11 is 0. The molecule has 1 aromatic heterocycles. The first kappa shape index (κ1) is 14.3. The molecule has 2 aromatic carbocycles. The molecule has 4 heteroatoms. The molecule has 0 saturated heterocycles. The summed E-state index contributed by atoms with van der Waals surface area (Å²) in [5, 5.41) is 2.25. The average molecular weight is 294 g/mol. The molecule has 0 radical (unpaired) electrons. The van der Waals surface area contributed by atoms with Gasteiger partial charge in [-0.3, -0.25) is 4.79 Å². The number of imidazole rings is 1. The second-order valence-electron chi connectivity index (χ2n) is 5.16. The summed E-state index contributed by atoms with van der Waals surface area (Å²) in [7, 11) is 0. The molecule has 0 N–H and O–H groups in total. The molecule has 112 valence electrons. The molecule has 0 fully saturated rings. The van der Waals surface area contributed by atoms with Crippen LogP contribution in [0.25, 0.3) is 10.8 Å². The number of esters is 1. The highest BCUT2D eigenvalue weighted by atomic mass is 16.5. The van der Waals surface area contributed by atoms with E-state index in [0.717, 1.165) is 16.3 Å². The second-order valence-corrected chi connectivity index (χ2v) is 5.16. The van der Waals surface area contributed by atoms with Gasteiger partial charge in [0, 0.05) is 24.4 Å². The fraction of sp³-hybridized carbons (Fsp3) is 0.222. The summed E-state index contributed by atoms with van der Waals surface area (Å²) in [5.41, 5.74) is 1.02. The van der Waals surface area contributed by atoms with Gasteiger partial charge in [0.15, 0.2) is 0 Å². The lowest BCUT2D eigenvalue weighted by Crippen LogP contribution is -2.16. The van der Waals surface area contributed by atoms with Crippen LogP contribution in [0.15, 0.2) is 61.2 Å². The van der Waals surface area contributed by atoms with E-state index < -0.39 is 0 Å². The number of hydrogen-bond donors (Lipinski definition) is 0. The molecule has 1 unspecified atom stereocenters. The number of carbonyl (C=O) groups is 1. The van der Waals surface area contributed by atoms with Crippen molar-refractivity contribution in [3.63, 3.8) is 0 Å². The topological polar surface area (TPSA) is 44.1 Å². The van der Waals surface area contributed by atoms with Gasteiger partial charge in [0.2, 0.25) is 0 Å². The number of fused-ring (bicyclic) bond motifs is 1. The summed E-state index contributed by atoms with van der Waals surface area (Å²) in [6, 6.07) is 14.2. The number of carbonyl (C=O) groups excluding carboxylic acids is 1. The van der Waals surface area contributed by atoms with Crippen molar-refractivity contribution in [2.24, 2.45) is 0 Å². The number of nitrogens with zero attached hydrogens (tertiary/aromatic N) is 2. The number of benzene rings is 2. The summed E-state index contributed by atoms with van der Waals surface area (Å²) in [5.74, 6) is -0.196. The highest BCUT2D eigenvalue weighted by molar-refractivity contribution is 5.86. The van der Waals surface area contributed by atoms with Crippen molar-refractivity contribution in [3.05, 3.63) is 66.7 Å². The number of ether oxygens (including phenoxy) is 1. The standard InChI is InChI=1S/C18H18N2O2/c1-2-18(21)22-17(12-20-11-10-19-13-20)16-9-5-7-14-6-3-4-8-15(14)16/h3-11,13,17H,2,12H2,1H3. The van der Waals surface area contributed by atoms with E-state index in [2.05, 4.69) is 23.2 Å².